The van der Waals surface area contributed by atoms with Gasteiger partial charge in [-0.1, -0.05) is 0 Å². The topological polar surface area (TPSA) is 38.1 Å². The van der Waals surface area contributed by atoms with Crippen molar-refractivity contribution in [1.29, 1.82) is 0 Å². The first kappa shape index (κ1) is 12.0. The Kier molecular flexibility index (Phi) is 3.33. The molecule has 0 aliphatic carbocycles. The second-order valence-corrected chi connectivity index (χ2v) is 5.68. The van der Waals surface area contributed by atoms with E-state index in [1.165, 1.54) is 16.1 Å². The van der Waals surface area contributed by atoms with Gasteiger partial charge in [0.25, 0.3) is 0 Å². The van der Waals surface area contributed by atoms with Crippen LogP contribution in [0.2, 0.25) is 0 Å². The fourth-order valence-electron chi connectivity index (χ4n) is 1.88. The molecule has 3 rings (SSSR count). The molecule has 0 radical (unpaired) electrons. The predicted octanol–water partition coefficient (Wildman–Crippen LogP) is 4.32. The first-order valence-electron chi connectivity index (χ1n) is 6.09. The summed E-state index contributed by atoms with van der Waals surface area (Å²) in [6, 6.07) is 12.5. The summed E-state index contributed by atoms with van der Waals surface area (Å²) in [7, 11) is 0. The first-order chi connectivity index (χ1) is 9.31. The summed E-state index contributed by atoms with van der Waals surface area (Å²) in [5.41, 5.74) is 2.14. The molecule has 3 aromatic rings. The lowest BCUT2D eigenvalue weighted by molar-refractivity contribution is 0.572. The molecule has 0 bridgehead atoms. The summed E-state index contributed by atoms with van der Waals surface area (Å²) < 4.78 is 5.26. The zero-order valence-electron chi connectivity index (χ0n) is 10.6. The van der Waals surface area contributed by atoms with Gasteiger partial charge < -0.3 is 9.73 Å². The largest absolute Gasteiger partial charge is 0.444 e. The predicted molar refractivity (Wildman–Crippen MR) is 78.3 cm³/mol. The van der Waals surface area contributed by atoms with Crippen molar-refractivity contribution in [2.75, 3.05) is 5.32 Å². The summed E-state index contributed by atoms with van der Waals surface area (Å²) in [6.07, 6.45) is 3.16. The third-order valence-electron chi connectivity index (χ3n) is 2.86. The molecule has 0 saturated carbocycles. The van der Waals surface area contributed by atoms with E-state index in [9.17, 15) is 0 Å². The maximum atomic E-state index is 5.26. The molecule has 0 unspecified atom stereocenters. The van der Waals surface area contributed by atoms with E-state index in [2.05, 4.69) is 41.5 Å². The van der Waals surface area contributed by atoms with Gasteiger partial charge in [0, 0.05) is 27.5 Å². The minimum atomic E-state index is 0.792. The average molecular weight is 270 g/mol. The van der Waals surface area contributed by atoms with Crippen LogP contribution in [-0.4, -0.2) is 4.98 Å². The van der Waals surface area contributed by atoms with Gasteiger partial charge in [-0.25, -0.2) is 4.98 Å². The summed E-state index contributed by atoms with van der Waals surface area (Å²) in [4.78, 5) is 6.61. The van der Waals surface area contributed by atoms with Crippen LogP contribution in [0.25, 0.3) is 11.3 Å². The molecule has 0 spiro atoms. The molecule has 0 saturated heterocycles. The van der Waals surface area contributed by atoms with Crippen molar-refractivity contribution in [3.8, 4) is 11.3 Å². The van der Waals surface area contributed by atoms with Crippen LogP contribution in [0.15, 0.2) is 53.4 Å². The van der Waals surface area contributed by atoms with Crippen LogP contribution in [0.3, 0.4) is 0 Å². The normalized spacial score (nSPS) is 10.6. The van der Waals surface area contributed by atoms with Gasteiger partial charge in [0.2, 0.25) is 0 Å². The second kappa shape index (κ2) is 5.28. The molecular formula is C15H14N2OS. The van der Waals surface area contributed by atoms with Crippen molar-refractivity contribution < 1.29 is 4.42 Å². The Morgan fingerprint density at radius 3 is 2.63 bits per heavy atom. The van der Waals surface area contributed by atoms with E-state index < -0.39 is 0 Å². The number of nitrogens with zero attached hydrogens (tertiary/aromatic N) is 1. The molecule has 0 fully saturated rings. The highest BCUT2D eigenvalue weighted by Crippen LogP contribution is 2.22. The standard InChI is InChI=1S/C15H14N2OS/c1-11-2-7-14(19-11)8-17-13-5-3-12(4-6-13)15-9-16-10-18-15/h2-7,9-10,17H,8H2,1H3. The molecule has 1 aromatic carbocycles. The Balaban J connectivity index is 1.66. The number of aryl methyl sites for hydroxylation is 1. The lowest BCUT2D eigenvalue weighted by Gasteiger charge is -2.05. The first-order valence-corrected chi connectivity index (χ1v) is 6.91. The van der Waals surface area contributed by atoms with E-state index >= 15 is 0 Å². The van der Waals surface area contributed by atoms with Crippen LogP contribution in [0.5, 0.6) is 0 Å². The average Bonchev–Trinajstić information content (AvgIpc) is 3.08. The molecule has 0 aliphatic rings. The Morgan fingerprint density at radius 1 is 1.16 bits per heavy atom. The molecular weight excluding hydrogens is 256 g/mol. The number of benzene rings is 1. The summed E-state index contributed by atoms with van der Waals surface area (Å²) in [5, 5.41) is 3.41. The fourth-order valence-corrected chi connectivity index (χ4v) is 2.71. The van der Waals surface area contributed by atoms with Gasteiger partial charge >= 0.3 is 0 Å². The number of anilines is 1. The SMILES string of the molecule is Cc1ccc(CNc2ccc(-c3cnco3)cc2)s1. The van der Waals surface area contributed by atoms with Crippen molar-refractivity contribution in [2.24, 2.45) is 0 Å². The van der Waals surface area contributed by atoms with Gasteiger partial charge in [0.1, 0.15) is 0 Å². The van der Waals surface area contributed by atoms with Crippen molar-refractivity contribution in [2.45, 2.75) is 13.5 Å². The van der Waals surface area contributed by atoms with E-state index in [0.717, 1.165) is 23.6 Å². The highest BCUT2D eigenvalue weighted by atomic mass is 32.1. The molecule has 1 N–H and O–H groups in total. The van der Waals surface area contributed by atoms with E-state index in [4.69, 9.17) is 4.42 Å². The zero-order chi connectivity index (χ0) is 13.1. The van der Waals surface area contributed by atoms with Gasteiger partial charge in [-0.05, 0) is 43.3 Å². The molecule has 4 heteroatoms. The van der Waals surface area contributed by atoms with Crippen LogP contribution in [-0.2, 0) is 6.54 Å². The van der Waals surface area contributed by atoms with Gasteiger partial charge in [0.15, 0.2) is 12.2 Å². The maximum Gasteiger partial charge on any atom is 0.181 e. The Hall–Kier alpha value is -2.07. The number of hydrogen-bond acceptors (Lipinski definition) is 4. The van der Waals surface area contributed by atoms with Crippen molar-refractivity contribution in [3.05, 3.63) is 58.7 Å². The van der Waals surface area contributed by atoms with Gasteiger partial charge in [0.05, 0.1) is 6.20 Å². The third kappa shape index (κ3) is 2.85. The van der Waals surface area contributed by atoms with E-state index in [1.54, 1.807) is 6.20 Å². The van der Waals surface area contributed by atoms with Crippen LogP contribution >= 0.6 is 11.3 Å². The minimum absolute atomic E-state index is 0.792. The third-order valence-corrected chi connectivity index (χ3v) is 3.87. The number of nitrogens with one attached hydrogen (secondary N) is 1. The van der Waals surface area contributed by atoms with Gasteiger partial charge in [-0.3, -0.25) is 0 Å². The van der Waals surface area contributed by atoms with E-state index in [1.807, 2.05) is 23.5 Å². The molecule has 2 heterocycles. The van der Waals surface area contributed by atoms with Crippen molar-refractivity contribution in [3.63, 3.8) is 0 Å². The minimum Gasteiger partial charge on any atom is -0.444 e. The van der Waals surface area contributed by atoms with Crippen molar-refractivity contribution >= 4 is 17.0 Å². The van der Waals surface area contributed by atoms with Crippen LogP contribution < -0.4 is 5.32 Å². The zero-order valence-corrected chi connectivity index (χ0v) is 11.4. The summed E-state index contributed by atoms with van der Waals surface area (Å²) in [6.45, 7) is 2.99. The molecule has 2 aromatic heterocycles. The maximum absolute atomic E-state index is 5.26. The van der Waals surface area contributed by atoms with Crippen LogP contribution in [0.1, 0.15) is 9.75 Å². The molecule has 3 nitrogen and oxygen atoms in total. The smallest absolute Gasteiger partial charge is 0.181 e. The Morgan fingerprint density at radius 2 is 2.00 bits per heavy atom. The Labute approximate surface area is 115 Å². The summed E-state index contributed by atoms with van der Waals surface area (Å²) in [5.74, 6) is 0.792. The highest BCUT2D eigenvalue weighted by molar-refractivity contribution is 7.11. The van der Waals surface area contributed by atoms with Gasteiger partial charge in [-0.15, -0.1) is 11.3 Å². The number of thiophene rings is 1. The fraction of sp³-hybridized carbons (Fsp3) is 0.133. The van der Waals surface area contributed by atoms with Crippen LogP contribution in [0, 0.1) is 6.92 Å². The van der Waals surface area contributed by atoms with E-state index in [0.29, 0.717) is 0 Å². The molecule has 19 heavy (non-hydrogen) atoms. The van der Waals surface area contributed by atoms with Crippen LogP contribution in [0.4, 0.5) is 5.69 Å². The van der Waals surface area contributed by atoms with E-state index in [-0.39, 0.29) is 0 Å². The molecule has 96 valence electrons. The second-order valence-electron chi connectivity index (χ2n) is 4.31. The molecule has 0 amide bonds. The lowest BCUT2D eigenvalue weighted by atomic mass is 10.2. The number of hydrogen-bond donors (Lipinski definition) is 1. The highest BCUT2D eigenvalue weighted by Gasteiger charge is 2.01. The monoisotopic (exact) mass is 270 g/mol. The summed E-state index contributed by atoms with van der Waals surface area (Å²) >= 11 is 1.82. The number of aromatic nitrogens is 1. The Bertz CT molecular complexity index is 641. The number of rotatable bonds is 4. The molecule has 0 atom stereocenters. The quantitative estimate of drug-likeness (QED) is 0.767. The van der Waals surface area contributed by atoms with Crippen molar-refractivity contribution in [1.82, 2.24) is 4.98 Å². The number of oxazole rings is 1. The van der Waals surface area contributed by atoms with Gasteiger partial charge in [-0.2, -0.15) is 0 Å². The molecule has 0 aliphatic heterocycles. The lowest BCUT2D eigenvalue weighted by Crippen LogP contribution is -1.96.